The zero-order chi connectivity index (χ0) is 29.8. The van der Waals surface area contributed by atoms with Crippen LogP contribution in [0.3, 0.4) is 0 Å². The molecule has 0 aliphatic heterocycles. The van der Waals surface area contributed by atoms with Crippen molar-refractivity contribution in [3.8, 4) is 5.75 Å². The third kappa shape index (κ3) is 16.6. The Kier molecular flexibility index (Phi) is 17.5. The minimum Gasteiger partial charge on any atom is -0.491 e. The molecule has 0 aromatic heterocycles. The van der Waals surface area contributed by atoms with Crippen molar-refractivity contribution < 1.29 is 18.8 Å². The van der Waals surface area contributed by atoms with Crippen LogP contribution in [0.15, 0.2) is 54.6 Å². The maximum atomic E-state index is 12.6. The van der Waals surface area contributed by atoms with E-state index in [2.05, 4.69) is 70.4 Å². The van der Waals surface area contributed by atoms with Gasteiger partial charge in [-0.1, -0.05) is 121 Å². The Morgan fingerprint density at radius 2 is 1.37 bits per heavy atom. The summed E-state index contributed by atoms with van der Waals surface area (Å²) < 4.78 is 12.6. The summed E-state index contributed by atoms with van der Waals surface area (Å²) in [4.78, 5) is 12.6. The second-order valence-corrected chi connectivity index (χ2v) is 12.8. The molecule has 2 unspecified atom stereocenters. The van der Waals surface area contributed by atoms with Gasteiger partial charge < -0.3 is 14.0 Å². The van der Waals surface area contributed by atoms with Gasteiger partial charge in [-0.05, 0) is 37.5 Å². The molecule has 2 aromatic rings. The van der Waals surface area contributed by atoms with Crippen LogP contribution < -0.4 is 4.74 Å². The van der Waals surface area contributed by atoms with Crippen LogP contribution in [0.4, 0.5) is 0 Å². The van der Waals surface area contributed by atoms with Crippen molar-refractivity contribution in [2.45, 2.75) is 123 Å². The first-order chi connectivity index (χ1) is 19.8. The quantitative estimate of drug-likeness (QED) is 0.0763. The molecule has 0 radical (unpaired) electrons. The number of hydrogen-bond donors (Lipinski definition) is 0. The normalized spacial score (nSPS) is 13.1. The smallest absolute Gasteiger partial charge is 0.308 e. The van der Waals surface area contributed by atoms with Gasteiger partial charge >= 0.3 is 5.97 Å². The number of rotatable bonds is 23. The summed E-state index contributed by atoms with van der Waals surface area (Å²) in [5.41, 5.74) is 2.67. The second kappa shape index (κ2) is 20.5. The molecule has 0 heterocycles. The lowest BCUT2D eigenvalue weighted by molar-refractivity contribution is -0.904. The topological polar surface area (TPSA) is 35.5 Å². The SMILES string of the molecule is CCCCCCCCCCCCCc1cccc(OC(C)CCOC(=O)C(C)CC[N+](C)(C)Cc2ccccc2)c1. The fraction of sp³-hybridized carbons (Fsp3) is 0.649. The highest BCUT2D eigenvalue weighted by Crippen LogP contribution is 2.19. The molecule has 0 saturated carbocycles. The number of carbonyl (C=O) groups excluding carboxylic acids is 1. The highest BCUT2D eigenvalue weighted by molar-refractivity contribution is 5.71. The van der Waals surface area contributed by atoms with Gasteiger partial charge in [-0.3, -0.25) is 4.79 Å². The first kappa shape index (κ1) is 34.9. The Hall–Kier alpha value is -2.33. The Bertz CT molecular complexity index is 942. The molecule has 0 N–H and O–H groups in total. The van der Waals surface area contributed by atoms with Gasteiger partial charge in [-0.25, -0.2) is 0 Å². The minimum absolute atomic E-state index is 0.00296. The lowest BCUT2D eigenvalue weighted by atomic mass is 10.0. The molecule has 230 valence electrons. The van der Waals surface area contributed by atoms with Crippen molar-refractivity contribution in [3.63, 3.8) is 0 Å². The van der Waals surface area contributed by atoms with E-state index < -0.39 is 0 Å². The molecule has 0 amide bonds. The van der Waals surface area contributed by atoms with Gasteiger partial charge in [0.1, 0.15) is 12.3 Å². The minimum atomic E-state index is -0.106. The zero-order valence-electron chi connectivity index (χ0n) is 27.0. The van der Waals surface area contributed by atoms with Crippen molar-refractivity contribution in [2.24, 2.45) is 5.92 Å². The molecule has 0 saturated heterocycles. The summed E-state index contributed by atoms with van der Waals surface area (Å²) in [5.74, 6) is 0.702. The molecular weight excluding hydrogens is 506 g/mol. The molecule has 4 heteroatoms. The lowest BCUT2D eigenvalue weighted by Crippen LogP contribution is -2.40. The summed E-state index contributed by atoms with van der Waals surface area (Å²) in [6.07, 6.45) is 17.7. The molecule has 2 rings (SSSR count). The molecule has 0 spiro atoms. The number of ether oxygens (including phenoxy) is 2. The first-order valence-corrected chi connectivity index (χ1v) is 16.6. The monoisotopic (exact) mass is 566 g/mol. The van der Waals surface area contributed by atoms with Gasteiger partial charge in [0, 0.05) is 18.4 Å². The van der Waals surface area contributed by atoms with Crippen molar-refractivity contribution in [1.82, 2.24) is 0 Å². The van der Waals surface area contributed by atoms with E-state index in [9.17, 15) is 4.79 Å². The molecule has 41 heavy (non-hydrogen) atoms. The van der Waals surface area contributed by atoms with Crippen molar-refractivity contribution in [3.05, 3.63) is 65.7 Å². The van der Waals surface area contributed by atoms with Crippen LogP contribution in [0.5, 0.6) is 5.75 Å². The molecule has 2 aromatic carbocycles. The Morgan fingerprint density at radius 3 is 2.02 bits per heavy atom. The number of esters is 1. The van der Waals surface area contributed by atoms with E-state index in [1.807, 2.05) is 19.1 Å². The molecule has 0 fully saturated rings. The van der Waals surface area contributed by atoms with Crippen molar-refractivity contribution >= 4 is 5.97 Å². The van der Waals surface area contributed by atoms with Crippen LogP contribution in [0, 0.1) is 5.92 Å². The van der Waals surface area contributed by atoms with E-state index in [1.54, 1.807) is 0 Å². The maximum absolute atomic E-state index is 12.6. The van der Waals surface area contributed by atoms with Gasteiger partial charge in [-0.2, -0.15) is 0 Å². The fourth-order valence-corrected chi connectivity index (χ4v) is 5.34. The van der Waals surface area contributed by atoms with Crippen LogP contribution in [0.2, 0.25) is 0 Å². The first-order valence-electron chi connectivity index (χ1n) is 16.6. The second-order valence-electron chi connectivity index (χ2n) is 12.8. The number of unbranched alkanes of at least 4 members (excludes halogenated alkanes) is 10. The largest absolute Gasteiger partial charge is 0.491 e. The molecule has 0 aliphatic carbocycles. The van der Waals surface area contributed by atoms with Gasteiger partial charge in [-0.15, -0.1) is 0 Å². The van der Waals surface area contributed by atoms with Crippen LogP contribution in [0.1, 0.15) is 115 Å². The number of nitrogens with zero attached hydrogens (tertiary/aromatic N) is 1. The maximum Gasteiger partial charge on any atom is 0.308 e. The predicted octanol–water partition coefficient (Wildman–Crippen LogP) is 9.54. The molecular formula is C37H60NO3+. The number of hydrogen-bond acceptors (Lipinski definition) is 3. The van der Waals surface area contributed by atoms with Crippen molar-refractivity contribution in [1.29, 1.82) is 0 Å². The van der Waals surface area contributed by atoms with Crippen LogP contribution >= 0.6 is 0 Å². The van der Waals surface area contributed by atoms with E-state index >= 15 is 0 Å². The van der Waals surface area contributed by atoms with Crippen LogP contribution in [-0.2, 0) is 22.5 Å². The van der Waals surface area contributed by atoms with E-state index in [0.29, 0.717) is 13.0 Å². The third-order valence-electron chi connectivity index (χ3n) is 8.10. The third-order valence-corrected chi connectivity index (χ3v) is 8.10. The Labute approximate surface area is 252 Å². The number of aryl methyl sites for hydroxylation is 1. The van der Waals surface area contributed by atoms with Crippen LogP contribution in [0.25, 0.3) is 0 Å². The van der Waals surface area contributed by atoms with E-state index in [1.165, 1.54) is 81.8 Å². The van der Waals surface area contributed by atoms with E-state index in [-0.39, 0.29) is 18.0 Å². The average molecular weight is 567 g/mol. The van der Waals surface area contributed by atoms with Gasteiger partial charge in [0.15, 0.2) is 0 Å². The van der Waals surface area contributed by atoms with E-state index in [4.69, 9.17) is 9.47 Å². The van der Waals surface area contributed by atoms with Gasteiger partial charge in [0.05, 0.1) is 39.3 Å². The average Bonchev–Trinajstić information content (AvgIpc) is 2.95. The number of carbonyl (C=O) groups is 1. The number of quaternary nitrogens is 1. The predicted molar refractivity (Wildman–Crippen MR) is 173 cm³/mol. The standard InChI is InChI=1S/C37H60NO3/c1-6-7-8-9-10-11-12-13-14-15-17-21-34-24-20-25-36(30-34)41-33(3)27-29-40-37(39)32(2)26-28-38(4,5)31-35-22-18-16-19-23-35/h16,18-20,22-25,30,32-33H,6-15,17,21,26-29,31H2,1-5H3/q+1. The summed E-state index contributed by atoms with van der Waals surface area (Å²) in [6.45, 7) is 8.59. The van der Waals surface area contributed by atoms with E-state index in [0.717, 1.165) is 36.2 Å². The Balaban J connectivity index is 1.56. The Morgan fingerprint density at radius 1 is 0.756 bits per heavy atom. The summed E-state index contributed by atoms with van der Waals surface area (Å²) >= 11 is 0. The lowest BCUT2D eigenvalue weighted by Gasteiger charge is -2.30. The van der Waals surface area contributed by atoms with Gasteiger partial charge in [0.25, 0.3) is 0 Å². The highest BCUT2D eigenvalue weighted by atomic mass is 16.5. The summed E-state index contributed by atoms with van der Waals surface area (Å²) in [5, 5.41) is 0. The fourth-order valence-electron chi connectivity index (χ4n) is 5.34. The van der Waals surface area contributed by atoms with Crippen LogP contribution in [-0.4, -0.2) is 43.8 Å². The van der Waals surface area contributed by atoms with Gasteiger partial charge in [0.2, 0.25) is 0 Å². The number of benzene rings is 2. The molecule has 4 nitrogen and oxygen atoms in total. The molecule has 2 atom stereocenters. The highest BCUT2D eigenvalue weighted by Gasteiger charge is 2.22. The molecule has 0 bridgehead atoms. The zero-order valence-corrected chi connectivity index (χ0v) is 27.0. The molecule has 0 aliphatic rings. The summed E-state index contributed by atoms with van der Waals surface area (Å²) in [6, 6.07) is 19.0. The summed E-state index contributed by atoms with van der Waals surface area (Å²) in [7, 11) is 4.44. The van der Waals surface area contributed by atoms with Crippen molar-refractivity contribution in [2.75, 3.05) is 27.2 Å².